The van der Waals surface area contributed by atoms with Gasteiger partial charge in [0, 0.05) is 30.3 Å². The highest BCUT2D eigenvalue weighted by Gasteiger charge is 2.46. The van der Waals surface area contributed by atoms with E-state index in [1.807, 2.05) is 0 Å². The van der Waals surface area contributed by atoms with E-state index in [1.54, 1.807) is 5.32 Å². The van der Waals surface area contributed by atoms with E-state index in [0.29, 0.717) is 5.56 Å². The van der Waals surface area contributed by atoms with E-state index in [4.69, 9.17) is 11.6 Å². The van der Waals surface area contributed by atoms with Gasteiger partial charge in [-0.3, -0.25) is 29.5 Å². The van der Waals surface area contributed by atoms with Gasteiger partial charge in [-0.2, -0.15) is 0 Å². The fourth-order valence-electron chi connectivity index (χ4n) is 3.77. The molecule has 33 heavy (non-hydrogen) atoms. The van der Waals surface area contributed by atoms with E-state index < -0.39 is 47.6 Å². The van der Waals surface area contributed by atoms with Crippen LogP contribution in [0.25, 0.3) is 0 Å². The minimum Gasteiger partial charge on any atom is -0.322 e. The molecule has 1 fully saturated rings. The Morgan fingerprint density at radius 2 is 2.00 bits per heavy atom. The van der Waals surface area contributed by atoms with Crippen molar-refractivity contribution in [2.75, 3.05) is 0 Å². The van der Waals surface area contributed by atoms with Crippen LogP contribution in [-0.2, 0) is 21.9 Å². The Morgan fingerprint density at radius 3 is 2.64 bits per heavy atom. The summed E-state index contributed by atoms with van der Waals surface area (Å²) in [5.74, 6) is -6.22. The number of hydrogen-bond donors (Lipinski definition) is 2. The molecule has 2 N–H and O–H groups in total. The molecule has 2 aromatic rings. The van der Waals surface area contributed by atoms with Crippen molar-refractivity contribution in [3.05, 3.63) is 63.9 Å². The summed E-state index contributed by atoms with van der Waals surface area (Å²) >= 11 is 5.66. The van der Waals surface area contributed by atoms with Crippen LogP contribution in [0, 0.1) is 0 Å². The first-order valence-electron chi connectivity index (χ1n) is 9.79. The standard InChI is InChI=1S/C21H16ClF3N4O4/c22-12-2-5-15(26-8-12)21(25,20(23)24)28-17(31)10-1-3-13-11(7-10)9-29(19(13)33)14-4-6-16(30)27-18(14)32/h1-3,5,7-8,14,20H,4,6,9H2,(H,28,31)(H,27,30,32). The van der Waals surface area contributed by atoms with Gasteiger partial charge in [0.05, 0.1) is 5.02 Å². The molecule has 12 heteroatoms. The molecule has 4 amide bonds. The van der Waals surface area contributed by atoms with Gasteiger partial charge in [-0.15, -0.1) is 0 Å². The number of pyridine rings is 1. The lowest BCUT2D eigenvalue weighted by Gasteiger charge is -2.29. The Labute approximate surface area is 190 Å². The molecule has 2 unspecified atom stereocenters. The minimum atomic E-state index is -3.63. The number of alkyl halides is 3. The quantitative estimate of drug-likeness (QED) is 0.504. The Morgan fingerprint density at radius 1 is 1.24 bits per heavy atom. The van der Waals surface area contributed by atoms with Crippen molar-refractivity contribution in [3.8, 4) is 0 Å². The summed E-state index contributed by atoms with van der Waals surface area (Å²) in [5, 5.41) is 3.95. The minimum absolute atomic E-state index is 0.0318. The number of rotatable bonds is 5. The number of aromatic nitrogens is 1. The first kappa shape index (κ1) is 22.7. The molecule has 1 aromatic heterocycles. The van der Waals surface area contributed by atoms with E-state index >= 15 is 4.39 Å². The number of carbonyl (C=O) groups is 4. The molecular weight excluding hydrogens is 465 g/mol. The number of imide groups is 1. The predicted molar refractivity (Wildman–Crippen MR) is 108 cm³/mol. The van der Waals surface area contributed by atoms with Gasteiger partial charge in [-0.25, -0.2) is 13.2 Å². The molecule has 1 aromatic carbocycles. The van der Waals surface area contributed by atoms with Crippen LogP contribution in [0.5, 0.6) is 0 Å². The molecule has 2 aliphatic heterocycles. The highest BCUT2D eigenvalue weighted by atomic mass is 35.5. The third kappa shape index (κ3) is 4.15. The molecule has 0 radical (unpaired) electrons. The van der Waals surface area contributed by atoms with Crippen LogP contribution < -0.4 is 10.6 Å². The molecule has 0 saturated carbocycles. The van der Waals surface area contributed by atoms with Gasteiger partial charge in [0.25, 0.3) is 24.0 Å². The Hall–Kier alpha value is -3.47. The summed E-state index contributed by atoms with van der Waals surface area (Å²) in [5.41, 5.74) is -0.307. The average Bonchev–Trinajstić information content (AvgIpc) is 3.09. The number of nitrogens with one attached hydrogen (secondary N) is 2. The van der Waals surface area contributed by atoms with E-state index in [1.165, 1.54) is 23.1 Å². The maximum absolute atomic E-state index is 15.1. The number of benzene rings is 1. The summed E-state index contributed by atoms with van der Waals surface area (Å²) in [7, 11) is 0. The molecule has 2 atom stereocenters. The number of hydrogen-bond acceptors (Lipinski definition) is 5. The first-order valence-corrected chi connectivity index (χ1v) is 10.2. The van der Waals surface area contributed by atoms with Crippen LogP contribution >= 0.6 is 11.6 Å². The van der Waals surface area contributed by atoms with Gasteiger partial charge < -0.3 is 10.2 Å². The molecule has 0 bridgehead atoms. The number of fused-ring (bicyclic) bond motifs is 1. The van der Waals surface area contributed by atoms with Crippen molar-refractivity contribution in [2.45, 2.75) is 37.6 Å². The first-order chi connectivity index (χ1) is 15.6. The monoisotopic (exact) mass is 480 g/mol. The molecule has 8 nitrogen and oxygen atoms in total. The SMILES string of the molecule is O=C1CCC(N2Cc3cc(C(=O)NC(F)(c4ccc(Cl)cn4)C(F)F)ccc3C2=O)C(=O)N1. The summed E-state index contributed by atoms with van der Waals surface area (Å²) in [4.78, 5) is 53.6. The fourth-order valence-corrected chi connectivity index (χ4v) is 3.89. The lowest BCUT2D eigenvalue weighted by molar-refractivity contribution is -0.136. The second-order valence-electron chi connectivity index (χ2n) is 7.60. The van der Waals surface area contributed by atoms with Crippen molar-refractivity contribution in [3.63, 3.8) is 0 Å². The third-order valence-electron chi connectivity index (χ3n) is 5.48. The van der Waals surface area contributed by atoms with E-state index in [-0.39, 0.29) is 35.5 Å². The van der Waals surface area contributed by atoms with E-state index in [0.717, 1.165) is 18.3 Å². The average molecular weight is 481 g/mol. The van der Waals surface area contributed by atoms with Crippen LogP contribution in [0.2, 0.25) is 5.02 Å². The van der Waals surface area contributed by atoms with Crippen LogP contribution in [-0.4, -0.2) is 46.0 Å². The molecule has 0 aliphatic carbocycles. The molecule has 3 heterocycles. The van der Waals surface area contributed by atoms with Gasteiger partial charge in [-0.1, -0.05) is 11.6 Å². The topological polar surface area (TPSA) is 108 Å². The van der Waals surface area contributed by atoms with E-state index in [2.05, 4.69) is 10.3 Å². The largest absolute Gasteiger partial charge is 0.322 e. The summed E-state index contributed by atoms with van der Waals surface area (Å²) in [6.45, 7) is -0.0318. The van der Waals surface area contributed by atoms with Gasteiger partial charge >= 0.3 is 0 Å². The maximum atomic E-state index is 15.1. The summed E-state index contributed by atoms with van der Waals surface area (Å²) in [6, 6.07) is 5.02. The third-order valence-corrected chi connectivity index (χ3v) is 5.71. The van der Waals surface area contributed by atoms with Crippen LogP contribution in [0.3, 0.4) is 0 Å². The van der Waals surface area contributed by atoms with Gasteiger partial charge in [-0.05, 0) is 42.3 Å². The molecule has 2 aliphatic rings. The second-order valence-corrected chi connectivity index (χ2v) is 8.04. The highest BCUT2D eigenvalue weighted by molar-refractivity contribution is 6.30. The molecule has 4 rings (SSSR count). The van der Waals surface area contributed by atoms with E-state index in [9.17, 15) is 28.0 Å². The zero-order valence-electron chi connectivity index (χ0n) is 16.8. The zero-order chi connectivity index (χ0) is 23.9. The van der Waals surface area contributed by atoms with Crippen LogP contribution in [0.1, 0.15) is 44.8 Å². The van der Waals surface area contributed by atoms with Crippen LogP contribution in [0.4, 0.5) is 13.2 Å². The lowest BCUT2D eigenvalue weighted by Crippen LogP contribution is -2.52. The van der Waals surface area contributed by atoms with Crippen LogP contribution in [0.15, 0.2) is 36.5 Å². The second kappa shape index (κ2) is 8.47. The Balaban J connectivity index is 1.55. The smallest absolute Gasteiger partial charge is 0.296 e. The number of amides is 4. The maximum Gasteiger partial charge on any atom is 0.296 e. The summed E-state index contributed by atoms with van der Waals surface area (Å²) < 4.78 is 42.2. The van der Waals surface area contributed by atoms with Crippen molar-refractivity contribution in [1.29, 1.82) is 0 Å². The molecule has 1 saturated heterocycles. The predicted octanol–water partition coefficient (Wildman–Crippen LogP) is 2.31. The Kier molecular flexibility index (Phi) is 5.83. The molecular formula is C21H16ClF3N4O4. The lowest BCUT2D eigenvalue weighted by atomic mass is 10.0. The molecule has 172 valence electrons. The van der Waals surface area contributed by atoms with Crippen molar-refractivity contribution < 1.29 is 32.3 Å². The van der Waals surface area contributed by atoms with Crippen molar-refractivity contribution >= 4 is 35.2 Å². The highest BCUT2D eigenvalue weighted by Crippen LogP contribution is 2.31. The summed E-state index contributed by atoms with van der Waals surface area (Å²) in [6.07, 6.45) is -2.42. The number of carbonyl (C=O) groups excluding carboxylic acids is 4. The number of piperidine rings is 1. The van der Waals surface area contributed by atoms with Gasteiger partial charge in [0.15, 0.2) is 0 Å². The fraction of sp³-hybridized carbons (Fsp3) is 0.286. The number of nitrogens with zero attached hydrogens (tertiary/aromatic N) is 2. The number of halogens is 4. The molecule has 0 spiro atoms. The van der Waals surface area contributed by atoms with Gasteiger partial charge in [0.1, 0.15) is 11.7 Å². The van der Waals surface area contributed by atoms with Crippen molar-refractivity contribution in [1.82, 2.24) is 20.5 Å². The zero-order valence-corrected chi connectivity index (χ0v) is 17.5. The Bertz CT molecular complexity index is 1160. The van der Waals surface area contributed by atoms with Crippen molar-refractivity contribution in [2.24, 2.45) is 0 Å². The van der Waals surface area contributed by atoms with Gasteiger partial charge in [0.2, 0.25) is 11.8 Å². The normalized spacial score (nSPS) is 19.8.